The van der Waals surface area contributed by atoms with E-state index >= 15 is 0 Å². The summed E-state index contributed by atoms with van der Waals surface area (Å²) in [6.45, 7) is 3.07. The van der Waals surface area contributed by atoms with Gasteiger partial charge in [0.1, 0.15) is 5.75 Å². The Morgan fingerprint density at radius 1 is 1.30 bits per heavy atom. The molecule has 0 aromatic heterocycles. The van der Waals surface area contributed by atoms with E-state index in [0.29, 0.717) is 0 Å². The quantitative estimate of drug-likeness (QED) is 0.808. The zero-order valence-corrected chi connectivity index (χ0v) is 12.0. The number of hydrogen-bond acceptors (Lipinski definition) is 4. The molecule has 1 N–H and O–H groups in total. The van der Waals surface area contributed by atoms with Crippen LogP contribution < -0.4 is 4.74 Å². The van der Waals surface area contributed by atoms with Crippen LogP contribution >= 0.6 is 0 Å². The molecule has 1 fully saturated rings. The average molecular weight is 277 g/mol. The number of nitrogens with zero attached hydrogens (tertiary/aromatic N) is 1. The second kappa shape index (κ2) is 7.41. The highest BCUT2D eigenvalue weighted by atomic mass is 16.5. The Bertz CT molecular complexity index is 422. The third-order valence-electron chi connectivity index (χ3n) is 3.97. The van der Waals surface area contributed by atoms with Crippen LogP contribution in [0.25, 0.3) is 0 Å². The molecule has 0 unspecified atom stereocenters. The lowest BCUT2D eigenvalue weighted by Gasteiger charge is -2.31. The van der Waals surface area contributed by atoms with Gasteiger partial charge in [-0.25, -0.2) is 0 Å². The molecular formula is C16H23NO3. The Morgan fingerprint density at radius 3 is 2.50 bits per heavy atom. The maximum atomic E-state index is 12.4. The van der Waals surface area contributed by atoms with Gasteiger partial charge in [0, 0.05) is 24.6 Å². The number of benzene rings is 1. The molecule has 1 saturated heterocycles. The smallest absolute Gasteiger partial charge is 0.166 e. The highest BCUT2D eigenvalue weighted by molar-refractivity contribution is 5.98. The number of rotatable bonds is 6. The molecule has 0 radical (unpaired) electrons. The maximum Gasteiger partial charge on any atom is 0.166 e. The van der Waals surface area contributed by atoms with Crippen LogP contribution in [0.15, 0.2) is 24.3 Å². The summed E-state index contributed by atoms with van der Waals surface area (Å²) in [5.41, 5.74) is 0.777. The topological polar surface area (TPSA) is 49.8 Å². The number of carbonyl (C=O) groups is 1. The van der Waals surface area contributed by atoms with Gasteiger partial charge in [0.05, 0.1) is 7.11 Å². The van der Waals surface area contributed by atoms with Gasteiger partial charge in [-0.3, -0.25) is 4.79 Å². The van der Waals surface area contributed by atoms with Crippen molar-refractivity contribution in [1.29, 1.82) is 0 Å². The zero-order valence-electron chi connectivity index (χ0n) is 12.0. The summed E-state index contributed by atoms with van der Waals surface area (Å²) < 4.78 is 5.11. The maximum absolute atomic E-state index is 12.4. The van der Waals surface area contributed by atoms with E-state index in [4.69, 9.17) is 9.84 Å². The van der Waals surface area contributed by atoms with Gasteiger partial charge in [-0.1, -0.05) is 0 Å². The molecule has 0 aliphatic carbocycles. The molecule has 1 aliphatic rings. The van der Waals surface area contributed by atoms with Gasteiger partial charge in [-0.05, 0) is 56.6 Å². The summed E-state index contributed by atoms with van der Waals surface area (Å²) in [5, 5.41) is 8.84. The molecular weight excluding hydrogens is 254 g/mol. The second-order valence-electron chi connectivity index (χ2n) is 5.29. The van der Waals surface area contributed by atoms with Crippen molar-refractivity contribution in [3.05, 3.63) is 29.8 Å². The van der Waals surface area contributed by atoms with Gasteiger partial charge >= 0.3 is 0 Å². The van der Waals surface area contributed by atoms with E-state index in [9.17, 15) is 4.79 Å². The molecule has 1 aromatic rings. The number of Topliss-reactive ketones (excluding diaryl/α,β-unsaturated/α-hetero) is 1. The van der Waals surface area contributed by atoms with Gasteiger partial charge in [-0.15, -0.1) is 0 Å². The van der Waals surface area contributed by atoms with Crippen LogP contribution in [0.4, 0.5) is 0 Å². The van der Waals surface area contributed by atoms with E-state index in [1.54, 1.807) is 7.11 Å². The number of piperidine rings is 1. The van der Waals surface area contributed by atoms with E-state index in [-0.39, 0.29) is 18.3 Å². The average Bonchev–Trinajstić information content (AvgIpc) is 2.53. The van der Waals surface area contributed by atoms with Crippen molar-refractivity contribution in [3.8, 4) is 5.75 Å². The Balaban J connectivity index is 1.87. The highest BCUT2D eigenvalue weighted by Gasteiger charge is 2.25. The third kappa shape index (κ3) is 3.81. The molecule has 1 aliphatic heterocycles. The number of aliphatic hydroxyl groups excluding tert-OH is 1. The lowest BCUT2D eigenvalue weighted by atomic mass is 9.89. The molecule has 110 valence electrons. The molecule has 0 bridgehead atoms. The Morgan fingerprint density at radius 2 is 1.95 bits per heavy atom. The number of aliphatic hydroxyl groups is 1. The zero-order chi connectivity index (χ0) is 14.4. The summed E-state index contributed by atoms with van der Waals surface area (Å²) in [5.74, 6) is 1.16. The first-order valence-corrected chi connectivity index (χ1v) is 7.26. The number of likely N-dealkylation sites (tertiary alicyclic amines) is 1. The molecule has 4 nitrogen and oxygen atoms in total. The van der Waals surface area contributed by atoms with Crippen LogP contribution in [0, 0.1) is 5.92 Å². The predicted molar refractivity (Wildman–Crippen MR) is 78.2 cm³/mol. The van der Waals surface area contributed by atoms with Gasteiger partial charge in [0.2, 0.25) is 0 Å². The van der Waals surface area contributed by atoms with Gasteiger partial charge in [-0.2, -0.15) is 0 Å². The predicted octanol–water partition coefficient (Wildman–Crippen LogP) is 1.97. The van der Waals surface area contributed by atoms with E-state index < -0.39 is 0 Å². The van der Waals surface area contributed by atoms with Crippen molar-refractivity contribution in [1.82, 2.24) is 4.90 Å². The Kier molecular flexibility index (Phi) is 5.56. The molecule has 1 aromatic carbocycles. The molecule has 20 heavy (non-hydrogen) atoms. The fraction of sp³-hybridized carbons (Fsp3) is 0.562. The number of methoxy groups -OCH3 is 1. The summed E-state index contributed by atoms with van der Waals surface area (Å²) in [6.07, 6.45) is 2.64. The standard InChI is InChI=1S/C16H23NO3/c1-20-15-5-3-13(4-6-15)16(19)14-7-10-17(11-8-14)9-2-12-18/h3-6,14,18H,2,7-12H2,1H3. The second-order valence-corrected chi connectivity index (χ2v) is 5.29. The molecule has 0 atom stereocenters. The van der Waals surface area contributed by atoms with Gasteiger partial charge in [0.25, 0.3) is 0 Å². The van der Waals surface area contributed by atoms with Crippen LogP contribution in [0.3, 0.4) is 0 Å². The fourth-order valence-electron chi connectivity index (χ4n) is 2.70. The van der Waals surface area contributed by atoms with Crippen LogP contribution in [0.2, 0.25) is 0 Å². The minimum atomic E-state index is 0.133. The Hall–Kier alpha value is -1.39. The summed E-state index contributed by atoms with van der Waals surface area (Å²) in [4.78, 5) is 14.7. The van der Waals surface area contributed by atoms with Crippen molar-refractivity contribution in [2.24, 2.45) is 5.92 Å². The normalized spacial score (nSPS) is 17.1. The molecule has 0 saturated carbocycles. The Labute approximate surface area is 120 Å². The number of ether oxygens (including phenoxy) is 1. The fourth-order valence-corrected chi connectivity index (χ4v) is 2.70. The number of carbonyl (C=O) groups excluding carboxylic acids is 1. The largest absolute Gasteiger partial charge is 0.497 e. The highest BCUT2D eigenvalue weighted by Crippen LogP contribution is 2.23. The minimum Gasteiger partial charge on any atom is -0.497 e. The van der Waals surface area contributed by atoms with E-state index in [1.165, 1.54) is 0 Å². The summed E-state index contributed by atoms with van der Waals surface area (Å²) in [6, 6.07) is 7.37. The van der Waals surface area contributed by atoms with Crippen molar-refractivity contribution in [2.45, 2.75) is 19.3 Å². The van der Waals surface area contributed by atoms with E-state index in [2.05, 4.69) is 4.90 Å². The van der Waals surface area contributed by atoms with Crippen LogP contribution in [-0.2, 0) is 0 Å². The van der Waals surface area contributed by atoms with Crippen molar-refractivity contribution < 1.29 is 14.6 Å². The molecule has 2 rings (SSSR count). The van der Waals surface area contributed by atoms with E-state index in [0.717, 1.165) is 50.2 Å². The first-order chi connectivity index (χ1) is 9.74. The summed E-state index contributed by atoms with van der Waals surface area (Å²) >= 11 is 0. The minimum absolute atomic E-state index is 0.133. The summed E-state index contributed by atoms with van der Waals surface area (Å²) in [7, 11) is 1.62. The molecule has 0 spiro atoms. The lowest BCUT2D eigenvalue weighted by Crippen LogP contribution is -2.37. The monoisotopic (exact) mass is 277 g/mol. The van der Waals surface area contributed by atoms with E-state index in [1.807, 2.05) is 24.3 Å². The SMILES string of the molecule is COc1ccc(C(=O)C2CCN(CCCO)CC2)cc1. The molecule has 4 heteroatoms. The van der Waals surface area contributed by atoms with Crippen LogP contribution in [0.1, 0.15) is 29.6 Å². The molecule has 0 amide bonds. The first-order valence-electron chi connectivity index (χ1n) is 7.26. The first kappa shape index (κ1) is 15.0. The van der Waals surface area contributed by atoms with Crippen molar-refractivity contribution >= 4 is 5.78 Å². The molecule has 1 heterocycles. The van der Waals surface area contributed by atoms with Crippen molar-refractivity contribution in [2.75, 3.05) is 33.4 Å². The van der Waals surface area contributed by atoms with Crippen LogP contribution in [-0.4, -0.2) is 49.1 Å². The number of ketones is 1. The lowest BCUT2D eigenvalue weighted by molar-refractivity contribution is 0.0834. The number of hydrogen-bond donors (Lipinski definition) is 1. The van der Waals surface area contributed by atoms with Gasteiger partial charge < -0.3 is 14.7 Å². The third-order valence-corrected chi connectivity index (χ3v) is 3.97. The van der Waals surface area contributed by atoms with Crippen molar-refractivity contribution in [3.63, 3.8) is 0 Å². The van der Waals surface area contributed by atoms with Gasteiger partial charge in [0.15, 0.2) is 5.78 Å². The van der Waals surface area contributed by atoms with Crippen LogP contribution in [0.5, 0.6) is 5.75 Å².